The minimum absolute atomic E-state index is 0.0253. The normalized spacial score (nSPS) is 9.67. The van der Waals surface area contributed by atoms with Crippen LogP contribution in [-0.2, 0) is 4.79 Å². The number of carboxylic acids is 1. The number of carboxylic acid groups (broad SMARTS) is 1. The van der Waals surface area contributed by atoms with Crippen LogP contribution in [0.2, 0.25) is 0 Å². The van der Waals surface area contributed by atoms with Crippen LogP contribution in [0.25, 0.3) is 0 Å². The van der Waals surface area contributed by atoms with Crippen LogP contribution >= 0.6 is 0 Å². The molecule has 0 heterocycles. The Bertz CT molecular complexity index is 379. The lowest BCUT2D eigenvalue weighted by atomic mass is 10.2. The summed E-state index contributed by atoms with van der Waals surface area (Å²) in [5.41, 5.74) is -0.136. The molecule has 0 unspecified atom stereocenters. The largest absolute Gasteiger partial charge is 0.481 e. The topological polar surface area (TPSA) is 66.4 Å². The van der Waals surface area contributed by atoms with Crippen LogP contribution < -0.4 is 5.32 Å². The fourth-order valence-electron chi connectivity index (χ4n) is 0.970. The number of aliphatic carboxylic acids is 1. The van der Waals surface area contributed by atoms with E-state index in [1.54, 1.807) is 0 Å². The Balaban J connectivity index is 2.54. The Morgan fingerprint density at radius 1 is 1.53 bits per heavy atom. The molecule has 0 bridgehead atoms. The van der Waals surface area contributed by atoms with Crippen molar-refractivity contribution < 1.29 is 19.1 Å². The van der Waals surface area contributed by atoms with Crippen molar-refractivity contribution in [1.82, 2.24) is 5.32 Å². The number of carbonyl (C=O) groups is 2. The van der Waals surface area contributed by atoms with Crippen molar-refractivity contribution in [3.8, 4) is 0 Å². The number of halogens is 1. The van der Waals surface area contributed by atoms with Gasteiger partial charge in [-0.3, -0.25) is 9.59 Å². The third kappa shape index (κ3) is 3.38. The minimum atomic E-state index is -1.02. The molecule has 0 saturated carbocycles. The molecule has 2 N–H and O–H groups in total. The average Bonchev–Trinajstić information content (AvgIpc) is 2.17. The molecule has 79 valence electrons. The van der Waals surface area contributed by atoms with Gasteiger partial charge in [0.15, 0.2) is 0 Å². The molecule has 1 aromatic carbocycles. The SMILES string of the molecule is O=C(O)CCNC(=O)c1ccc[c]c1F. The Morgan fingerprint density at radius 3 is 2.87 bits per heavy atom. The number of rotatable bonds is 4. The summed E-state index contributed by atoms with van der Waals surface area (Å²) in [7, 11) is 0. The van der Waals surface area contributed by atoms with Crippen LogP contribution in [0.1, 0.15) is 16.8 Å². The van der Waals surface area contributed by atoms with Crippen molar-refractivity contribution in [3.63, 3.8) is 0 Å². The number of amides is 1. The summed E-state index contributed by atoms with van der Waals surface area (Å²) in [5.74, 6) is -2.40. The van der Waals surface area contributed by atoms with Gasteiger partial charge in [0.2, 0.25) is 0 Å². The molecular formula is C10H9FNO3. The van der Waals surface area contributed by atoms with Gasteiger partial charge in [-0.05, 0) is 6.07 Å². The maximum atomic E-state index is 13.0. The number of nitrogens with one attached hydrogen (secondary N) is 1. The highest BCUT2D eigenvalue weighted by Gasteiger charge is 2.10. The molecule has 4 nitrogen and oxygen atoms in total. The summed E-state index contributed by atoms with van der Waals surface area (Å²) in [5, 5.41) is 10.6. The van der Waals surface area contributed by atoms with Gasteiger partial charge in [0.1, 0.15) is 5.82 Å². The van der Waals surface area contributed by atoms with Gasteiger partial charge >= 0.3 is 5.97 Å². The van der Waals surface area contributed by atoms with Crippen LogP contribution in [0, 0.1) is 11.9 Å². The lowest BCUT2D eigenvalue weighted by Gasteiger charge is -2.03. The zero-order chi connectivity index (χ0) is 11.3. The summed E-state index contributed by atoms with van der Waals surface area (Å²) in [6.45, 7) is -0.0253. The molecule has 1 amide bonds. The highest BCUT2D eigenvalue weighted by atomic mass is 19.1. The van der Waals surface area contributed by atoms with Crippen molar-refractivity contribution in [3.05, 3.63) is 35.6 Å². The standard InChI is InChI=1S/C10H9FNO3/c11-8-4-2-1-3-7(8)10(15)12-6-5-9(13)14/h1-3H,5-6H2,(H,12,15)(H,13,14). The first-order valence-corrected chi connectivity index (χ1v) is 4.27. The van der Waals surface area contributed by atoms with Gasteiger partial charge in [0.05, 0.1) is 12.0 Å². The molecule has 0 aromatic heterocycles. The van der Waals surface area contributed by atoms with E-state index in [1.807, 2.05) is 0 Å². The second-order valence-corrected chi connectivity index (χ2v) is 2.80. The third-order valence-corrected chi connectivity index (χ3v) is 1.67. The van der Waals surface area contributed by atoms with Gasteiger partial charge < -0.3 is 10.4 Å². The minimum Gasteiger partial charge on any atom is -0.481 e. The maximum Gasteiger partial charge on any atom is 0.305 e. The molecule has 1 aromatic rings. The average molecular weight is 210 g/mol. The Labute approximate surface area is 85.7 Å². The van der Waals surface area contributed by atoms with E-state index in [0.29, 0.717) is 0 Å². The summed E-state index contributed by atoms with van der Waals surface area (Å²) >= 11 is 0. The van der Waals surface area contributed by atoms with E-state index in [2.05, 4.69) is 11.4 Å². The van der Waals surface area contributed by atoms with E-state index in [1.165, 1.54) is 18.2 Å². The van der Waals surface area contributed by atoms with E-state index in [9.17, 15) is 14.0 Å². The first-order chi connectivity index (χ1) is 7.11. The highest BCUT2D eigenvalue weighted by Crippen LogP contribution is 2.04. The fourth-order valence-corrected chi connectivity index (χ4v) is 0.970. The molecule has 5 heteroatoms. The third-order valence-electron chi connectivity index (χ3n) is 1.67. The molecule has 15 heavy (non-hydrogen) atoms. The summed E-state index contributed by atoms with van der Waals surface area (Å²) in [4.78, 5) is 21.4. The molecule has 0 atom stereocenters. The predicted molar refractivity (Wildman–Crippen MR) is 49.8 cm³/mol. The molecule has 0 aliphatic carbocycles. The Hall–Kier alpha value is -1.91. The van der Waals surface area contributed by atoms with E-state index in [-0.39, 0.29) is 18.5 Å². The molecule has 0 spiro atoms. The number of benzene rings is 1. The van der Waals surface area contributed by atoms with Gasteiger partial charge in [-0.1, -0.05) is 12.1 Å². The molecule has 0 aliphatic heterocycles. The van der Waals surface area contributed by atoms with Crippen LogP contribution in [0.15, 0.2) is 18.2 Å². The summed E-state index contributed by atoms with van der Waals surface area (Å²) in [6, 6.07) is 6.38. The molecular weight excluding hydrogens is 201 g/mol. The van der Waals surface area contributed by atoms with E-state index >= 15 is 0 Å². The number of hydrogen-bond acceptors (Lipinski definition) is 2. The van der Waals surface area contributed by atoms with Gasteiger partial charge in [-0.25, -0.2) is 4.39 Å². The first-order valence-electron chi connectivity index (χ1n) is 4.27. The molecule has 1 rings (SSSR count). The van der Waals surface area contributed by atoms with Crippen molar-refractivity contribution in [2.75, 3.05) is 6.54 Å². The van der Waals surface area contributed by atoms with Crippen LogP contribution in [0.3, 0.4) is 0 Å². The van der Waals surface area contributed by atoms with E-state index < -0.39 is 17.7 Å². The highest BCUT2D eigenvalue weighted by molar-refractivity contribution is 5.94. The van der Waals surface area contributed by atoms with Crippen LogP contribution in [0.4, 0.5) is 4.39 Å². The van der Waals surface area contributed by atoms with Crippen molar-refractivity contribution in [2.45, 2.75) is 6.42 Å². The molecule has 0 fully saturated rings. The smallest absolute Gasteiger partial charge is 0.305 e. The maximum absolute atomic E-state index is 13.0. The predicted octanol–water partition coefficient (Wildman–Crippen LogP) is 0.830. The van der Waals surface area contributed by atoms with Gasteiger partial charge in [0, 0.05) is 12.6 Å². The Morgan fingerprint density at radius 2 is 2.27 bits per heavy atom. The second-order valence-electron chi connectivity index (χ2n) is 2.80. The quantitative estimate of drug-likeness (QED) is 0.773. The number of carbonyl (C=O) groups excluding carboxylic acids is 1. The molecule has 1 radical (unpaired) electrons. The van der Waals surface area contributed by atoms with Crippen molar-refractivity contribution in [1.29, 1.82) is 0 Å². The van der Waals surface area contributed by atoms with Crippen molar-refractivity contribution in [2.24, 2.45) is 0 Å². The first kappa shape index (κ1) is 11.2. The monoisotopic (exact) mass is 210 g/mol. The lowest BCUT2D eigenvalue weighted by Crippen LogP contribution is -2.26. The second kappa shape index (κ2) is 5.09. The van der Waals surface area contributed by atoms with Gasteiger partial charge in [0.25, 0.3) is 5.91 Å². The van der Waals surface area contributed by atoms with Crippen LogP contribution in [-0.4, -0.2) is 23.5 Å². The van der Waals surface area contributed by atoms with Crippen molar-refractivity contribution >= 4 is 11.9 Å². The zero-order valence-corrected chi connectivity index (χ0v) is 7.79. The summed E-state index contributed by atoms with van der Waals surface area (Å²) in [6.07, 6.45) is -0.191. The van der Waals surface area contributed by atoms with Crippen LogP contribution in [0.5, 0.6) is 0 Å². The number of hydrogen-bond donors (Lipinski definition) is 2. The fraction of sp³-hybridized carbons (Fsp3) is 0.200. The lowest BCUT2D eigenvalue weighted by molar-refractivity contribution is -0.136. The molecule has 0 aliphatic rings. The molecule has 0 saturated heterocycles. The van der Waals surface area contributed by atoms with E-state index in [4.69, 9.17) is 5.11 Å². The van der Waals surface area contributed by atoms with E-state index in [0.717, 1.165) is 0 Å². The summed E-state index contributed by atoms with van der Waals surface area (Å²) < 4.78 is 13.0. The van der Waals surface area contributed by atoms with Gasteiger partial charge in [-0.15, -0.1) is 0 Å². The zero-order valence-electron chi connectivity index (χ0n) is 7.79. The van der Waals surface area contributed by atoms with Gasteiger partial charge in [-0.2, -0.15) is 0 Å². The Kier molecular flexibility index (Phi) is 3.79.